The third kappa shape index (κ3) is 2.96. The van der Waals surface area contributed by atoms with Crippen molar-refractivity contribution in [2.45, 2.75) is 6.92 Å². The number of anilines is 1. The smallest absolute Gasteiger partial charge is 0.289 e. The van der Waals surface area contributed by atoms with Crippen molar-refractivity contribution in [2.24, 2.45) is 5.92 Å². The Morgan fingerprint density at radius 2 is 2.17 bits per heavy atom. The lowest BCUT2D eigenvalue weighted by molar-refractivity contribution is -0.385. The van der Waals surface area contributed by atoms with Crippen molar-refractivity contribution in [1.29, 1.82) is 10.5 Å². The summed E-state index contributed by atoms with van der Waals surface area (Å²) in [5.41, 5.74) is 0.430. The summed E-state index contributed by atoms with van der Waals surface area (Å²) in [6, 6.07) is 8.28. The third-order valence-electron chi connectivity index (χ3n) is 2.51. The quantitative estimate of drug-likeness (QED) is 0.596. The van der Waals surface area contributed by atoms with Crippen LogP contribution in [0, 0.1) is 38.7 Å². The molecule has 0 fully saturated rings. The standard InChI is InChI=1S/C12H12N4O2/c1-9(6-13)8-15(2)11-4-3-10(7-14)12(5-11)16(17)18/h3-5,9H,8H2,1-2H3. The van der Waals surface area contributed by atoms with Gasteiger partial charge in [0.25, 0.3) is 5.69 Å². The van der Waals surface area contributed by atoms with Crippen LogP contribution in [-0.2, 0) is 0 Å². The van der Waals surface area contributed by atoms with Gasteiger partial charge in [-0.15, -0.1) is 0 Å². The zero-order valence-electron chi connectivity index (χ0n) is 10.1. The highest BCUT2D eigenvalue weighted by Crippen LogP contribution is 2.24. The minimum absolute atomic E-state index is 0.0329. The molecule has 1 rings (SSSR count). The molecule has 0 spiro atoms. The van der Waals surface area contributed by atoms with Crippen LogP contribution in [-0.4, -0.2) is 18.5 Å². The van der Waals surface area contributed by atoms with Gasteiger partial charge in [-0.05, 0) is 19.1 Å². The Bertz CT molecular complexity index is 542. The van der Waals surface area contributed by atoms with Gasteiger partial charge in [0.1, 0.15) is 11.6 Å². The topological polar surface area (TPSA) is 94.0 Å². The molecule has 18 heavy (non-hydrogen) atoms. The largest absolute Gasteiger partial charge is 0.373 e. The van der Waals surface area contributed by atoms with Crippen molar-refractivity contribution < 1.29 is 4.92 Å². The number of nitro benzene ring substituents is 1. The highest BCUT2D eigenvalue weighted by molar-refractivity contribution is 5.60. The summed E-state index contributed by atoms with van der Waals surface area (Å²) in [6.07, 6.45) is 0. The Hall–Kier alpha value is -2.60. The maximum Gasteiger partial charge on any atom is 0.289 e. The molecule has 0 N–H and O–H groups in total. The average Bonchev–Trinajstić information content (AvgIpc) is 2.37. The van der Waals surface area contributed by atoms with Gasteiger partial charge >= 0.3 is 0 Å². The SMILES string of the molecule is CC(C#N)CN(C)c1ccc(C#N)c([N+](=O)[O-])c1. The molecule has 6 nitrogen and oxygen atoms in total. The van der Waals surface area contributed by atoms with Crippen molar-refractivity contribution in [2.75, 3.05) is 18.5 Å². The minimum atomic E-state index is -0.580. The second kappa shape index (κ2) is 5.65. The zero-order chi connectivity index (χ0) is 13.7. The Morgan fingerprint density at radius 3 is 2.67 bits per heavy atom. The van der Waals surface area contributed by atoms with E-state index >= 15 is 0 Å². The van der Waals surface area contributed by atoms with Gasteiger partial charge in [-0.25, -0.2) is 0 Å². The number of nitriles is 2. The lowest BCUT2D eigenvalue weighted by Crippen LogP contribution is -2.23. The van der Waals surface area contributed by atoms with Gasteiger partial charge in [0.05, 0.1) is 16.9 Å². The third-order valence-corrected chi connectivity index (χ3v) is 2.51. The van der Waals surface area contributed by atoms with E-state index in [0.29, 0.717) is 12.2 Å². The van der Waals surface area contributed by atoms with Crippen LogP contribution in [0.4, 0.5) is 11.4 Å². The summed E-state index contributed by atoms with van der Waals surface area (Å²) >= 11 is 0. The normalized spacial score (nSPS) is 11.1. The summed E-state index contributed by atoms with van der Waals surface area (Å²) in [6.45, 7) is 2.24. The number of benzene rings is 1. The van der Waals surface area contributed by atoms with Gasteiger partial charge in [0.15, 0.2) is 0 Å². The van der Waals surface area contributed by atoms with Crippen LogP contribution in [0.1, 0.15) is 12.5 Å². The fourth-order valence-electron chi connectivity index (χ4n) is 1.56. The monoisotopic (exact) mass is 244 g/mol. The summed E-state index contributed by atoms with van der Waals surface area (Å²) < 4.78 is 0. The fraction of sp³-hybridized carbons (Fsp3) is 0.333. The summed E-state index contributed by atoms with van der Waals surface area (Å²) in [4.78, 5) is 12.0. The molecule has 0 heterocycles. The first-order chi connectivity index (χ1) is 8.49. The van der Waals surface area contributed by atoms with Crippen LogP contribution in [0.15, 0.2) is 18.2 Å². The first-order valence-corrected chi connectivity index (χ1v) is 5.29. The second-order valence-corrected chi connectivity index (χ2v) is 3.98. The van der Waals surface area contributed by atoms with E-state index in [1.54, 1.807) is 31.0 Å². The molecule has 0 saturated carbocycles. The van der Waals surface area contributed by atoms with Crippen LogP contribution >= 0.6 is 0 Å². The number of nitrogens with zero attached hydrogens (tertiary/aromatic N) is 4. The molecule has 0 radical (unpaired) electrons. The molecule has 0 aliphatic carbocycles. The van der Waals surface area contributed by atoms with Crippen LogP contribution in [0.25, 0.3) is 0 Å². The Kier molecular flexibility index (Phi) is 4.22. The van der Waals surface area contributed by atoms with E-state index < -0.39 is 4.92 Å². The zero-order valence-corrected chi connectivity index (χ0v) is 10.1. The predicted molar refractivity (Wildman–Crippen MR) is 65.9 cm³/mol. The average molecular weight is 244 g/mol. The summed E-state index contributed by atoms with van der Waals surface area (Å²) in [5.74, 6) is -0.176. The molecule has 1 aromatic carbocycles. The second-order valence-electron chi connectivity index (χ2n) is 3.98. The molecule has 1 atom stereocenters. The molecule has 0 aliphatic rings. The van der Waals surface area contributed by atoms with Crippen molar-refractivity contribution >= 4 is 11.4 Å². The van der Waals surface area contributed by atoms with Crippen LogP contribution in [0.2, 0.25) is 0 Å². The van der Waals surface area contributed by atoms with Crippen molar-refractivity contribution in [3.8, 4) is 12.1 Å². The van der Waals surface area contributed by atoms with E-state index in [2.05, 4.69) is 6.07 Å². The summed E-state index contributed by atoms with van der Waals surface area (Å²) in [5, 5.41) is 28.3. The highest BCUT2D eigenvalue weighted by Gasteiger charge is 2.16. The van der Waals surface area contributed by atoms with Crippen LogP contribution in [0.3, 0.4) is 0 Å². The molecule has 92 valence electrons. The number of hydrogen-bond donors (Lipinski definition) is 0. The lowest BCUT2D eigenvalue weighted by atomic mass is 10.1. The van der Waals surface area contributed by atoms with Crippen LogP contribution < -0.4 is 4.90 Å². The van der Waals surface area contributed by atoms with E-state index in [-0.39, 0.29) is 17.2 Å². The predicted octanol–water partition coefficient (Wildman–Crippen LogP) is 2.06. The number of rotatable bonds is 4. The molecule has 0 bridgehead atoms. The van der Waals surface area contributed by atoms with Crippen LogP contribution in [0.5, 0.6) is 0 Å². The van der Waals surface area contributed by atoms with Gasteiger partial charge < -0.3 is 4.90 Å². The van der Waals surface area contributed by atoms with E-state index in [1.807, 2.05) is 0 Å². The van der Waals surface area contributed by atoms with E-state index in [0.717, 1.165) is 0 Å². The molecule has 0 aliphatic heterocycles. The minimum Gasteiger partial charge on any atom is -0.373 e. The Labute approximate surface area is 105 Å². The van der Waals surface area contributed by atoms with E-state index in [9.17, 15) is 10.1 Å². The van der Waals surface area contributed by atoms with Gasteiger partial charge in [-0.3, -0.25) is 10.1 Å². The molecule has 1 unspecified atom stereocenters. The fourth-order valence-corrected chi connectivity index (χ4v) is 1.56. The van der Waals surface area contributed by atoms with Gasteiger partial charge in [-0.2, -0.15) is 10.5 Å². The first kappa shape index (κ1) is 13.5. The number of nitro groups is 1. The van der Waals surface area contributed by atoms with Gasteiger partial charge in [0.2, 0.25) is 0 Å². The Morgan fingerprint density at radius 1 is 1.50 bits per heavy atom. The van der Waals surface area contributed by atoms with E-state index in [1.165, 1.54) is 12.1 Å². The van der Waals surface area contributed by atoms with Crippen molar-refractivity contribution in [3.63, 3.8) is 0 Å². The maximum atomic E-state index is 10.8. The van der Waals surface area contributed by atoms with E-state index in [4.69, 9.17) is 10.5 Å². The first-order valence-electron chi connectivity index (χ1n) is 5.29. The molecular formula is C12H12N4O2. The lowest BCUT2D eigenvalue weighted by Gasteiger charge is -2.20. The van der Waals surface area contributed by atoms with Crippen molar-refractivity contribution in [1.82, 2.24) is 0 Å². The van der Waals surface area contributed by atoms with Crippen molar-refractivity contribution in [3.05, 3.63) is 33.9 Å². The molecular weight excluding hydrogens is 232 g/mol. The summed E-state index contributed by atoms with van der Waals surface area (Å²) in [7, 11) is 1.75. The molecule has 0 amide bonds. The molecule has 0 aromatic heterocycles. The van der Waals surface area contributed by atoms with Gasteiger partial charge in [0, 0.05) is 25.3 Å². The maximum absolute atomic E-state index is 10.8. The Balaban J connectivity index is 3.06. The van der Waals surface area contributed by atoms with Gasteiger partial charge in [-0.1, -0.05) is 0 Å². The molecule has 1 aromatic rings. The molecule has 6 heteroatoms. The molecule has 0 saturated heterocycles. The number of hydrogen-bond acceptors (Lipinski definition) is 5. The highest BCUT2D eigenvalue weighted by atomic mass is 16.6.